The Balaban J connectivity index is 1.96. The molecule has 1 aliphatic heterocycles. The second-order valence-electron chi connectivity index (χ2n) is 7.33. The molecule has 2 aromatic heterocycles. The van der Waals surface area contributed by atoms with Crippen molar-refractivity contribution in [1.82, 2.24) is 9.38 Å². The minimum atomic E-state index is -4.58. The molecule has 8 heteroatoms. The normalized spacial score (nSPS) is 23.8. The van der Waals surface area contributed by atoms with Crippen molar-refractivity contribution in [2.24, 2.45) is 0 Å². The number of ether oxygens (including phenoxy) is 2. The van der Waals surface area contributed by atoms with Crippen LogP contribution in [0.4, 0.5) is 13.2 Å². The van der Waals surface area contributed by atoms with Crippen LogP contribution in [-0.4, -0.2) is 33.4 Å². The van der Waals surface area contributed by atoms with E-state index in [9.17, 15) is 18.3 Å². The largest absolute Gasteiger partial charge is 0.479 e. The molecule has 3 atom stereocenters. The summed E-state index contributed by atoms with van der Waals surface area (Å²) in [5.41, 5.74) is 1.09. The van der Waals surface area contributed by atoms with Gasteiger partial charge >= 0.3 is 6.18 Å². The van der Waals surface area contributed by atoms with E-state index in [0.29, 0.717) is 11.2 Å². The monoisotopic (exact) mass is 418 g/mol. The van der Waals surface area contributed by atoms with E-state index in [0.717, 1.165) is 11.4 Å². The molecule has 30 heavy (non-hydrogen) atoms. The van der Waals surface area contributed by atoms with Gasteiger partial charge in [-0.1, -0.05) is 43.0 Å². The number of imidazole rings is 1. The van der Waals surface area contributed by atoms with Gasteiger partial charge in [-0.05, 0) is 25.5 Å². The minimum Gasteiger partial charge on any atom is -0.479 e. The molecule has 0 aliphatic carbocycles. The smallest absolute Gasteiger partial charge is 0.411 e. The number of rotatable bonds is 4. The first-order valence-electron chi connectivity index (χ1n) is 9.40. The van der Waals surface area contributed by atoms with Crippen LogP contribution in [0.25, 0.3) is 5.65 Å². The highest BCUT2D eigenvalue weighted by atomic mass is 19.4. The lowest BCUT2D eigenvalue weighted by Gasteiger charge is -2.44. The minimum absolute atomic E-state index is 0.249. The molecular formula is C22H21F3N2O3. The van der Waals surface area contributed by atoms with E-state index in [4.69, 9.17) is 9.47 Å². The van der Waals surface area contributed by atoms with E-state index in [1.54, 1.807) is 47.0 Å². The Morgan fingerprint density at radius 3 is 2.60 bits per heavy atom. The molecule has 5 nitrogen and oxygen atoms in total. The van der Waals surface area contributed by atoms with Gasteiger partial charge in [0, 0.05) is 17.5 Å². The molecule has 0 bridgehead atoms. The fourth-order valence-electron chi connectivity index (χ4n) is 3.86. The number of halogens is 3. The maximum atomic E-state index is 13.1. The van der Waals surface area contributed by atoms with Crippen LogP contribution >= 0.6 is 0 Å². The predicted molar refractivity (Wildman–Crippen MR) is 104 cm³/mol. The Kier molecular flexibility index (Phi) is 4.86. The number of fused-ring (bicyclic) bond motifs is 3. The van der Waals surface area contributed by atoms with Crippen LogP contribution in [0, 0.1) is 13.8 Å². The lowest BCUT2D eigenvalue weighted by molar-refractivity contribution is -0.228. The lowest BCUT2D eigenvalue weighted by atomic mass is 9.80. The Morgan fingerprint density at radius 1 is 1.27 bits per heavy atom. The van der Waals surface area contributed by atoms with Gasteiger partial charge in [-0.2, -0.15) is 13.2 Å². The highest BCUT2D eigenvalue weighted by molar-refractivity contribution is 5.64. The Bertz CT molecular complexity index is 1090. The van der Waals surface area contributed by atoms with Gasteiger partial charge in [-0.25, -0.2) is 4.98 Å². The highest BCUT2D eigenvalue weighted by Crippen LogP contribution is 2.49. The first-order chi connectivity index (χ1) is 14.2. The number of hydrogen-bond acceptors (Lipinski definition) is 4. The van der Waals surface area contributed by atoms with Crippen LogP contribution in [0.1, 0.15) is 28.6 Å². The second kappa shape index (κ2) is 7.14. The van der Waals surface area contributed by atoms with Crippen molar-refractivity contribution in [3.63, 3.8) is 0 Å². The molecule has 158 valence electrons. The quantitative estimate of drug-likeness (QED) is 0.638. The zero-order chi connectivity index (χ0) is 21.7. The molecule has 0 amide bonds. The van der Waals surface area contributed by atoms with E-state index in [1.807, 2.05) is 13.8 Å². The summed E-state index contributed by atoms with van der Waals surface area (Å²) in [6, 6.07) is 10.4. The number of nitrogens with zero attached hydrogens (tertiary/aromatic N) is 2. The summed E-state index contributed by atoms with van der Waals surface area (Å²) in [6.45, 7) is 5.87. The van der Waals surface area contributed by atoms with Crippen molar-refractivity contribution in [3.05, 3.63) is 77.8 Å². The number of aliphatic hydroxyl groups is 1. The molecule has 1 N–H and O–H groups in total. The van der Waals surface area contributed by atoms with Crippen molar-refractivity contribution < 1.29 is 27.8 Å². The number of aryl methyl sites for hydroxylation is 2. The highest BCUT2D eigenvalue weighted by Gasteiger charge is 2.52. The van der Waals surface area contributed by atoms with Crippen molar-refractivity contribution in [3.8, 4) is 5.75 Å². The van der Waals surface area contributed by atoms with Gasteiger partial charge in [-0.15, -0.1) is 0 Å². The molecule has 1 aliphatic rings. The maximum absolute atomic E-state index is 13.1. The number of benzene rings is 1. The van der Waals surface area contributed by atoms with E-state index in [-0.39, 0.29) is 11.3 Å². The summed E-state index contributed by atoms with van der Waals surface area (Å²) in [7, 11) is 0. The van der Waals surface area contributed by atoms with E-state index >= 15 is 0 Å². The van der Waals surface area contributed by atoms with E-state index in [2.05, 4.69) is 11.6 Å². The van der Waals surface area contributed by atoms with Gasteiger partial charge in [0.1, 0.15) is 18.3 Å². The SMILES string of the molecule is C=CC1(OCC(F)(F)F)c2ccn3c(C)c(C)nc3c2O[C@H](c2ccccc2)C1O. The van der Waals surface area contributed by atoms with Crippen molar-refractivity contribution in [2.75, 3.05) is 6.61 Å². The van der Waals surface area contributed by atoms with Crippen molar-refractivity contribution >= 4 is 5.65 Å². The molecule has 0 saturated carbocycles. The number of aliphatic hydroxyl groups excluding tert-OH is 1. The van der Waals surface area contributed by atoms with Crippen LogP contribution in [0.3, 0.4) is 0 Å². The van der Waals surface area contributed by atoms with Crippen LogP contribution < -0.4 is 4.74 Å². The summed E-state index contributed by atoms with van der Waals surface area (Å²) in [5.74, 6) is 0.259. The number of aromatic nitrogens is 2. The molecule has 0 fully saturated rings. The van der Waals surface area contributed by atoms with Gasteiger partial charge in [0.15, 0.2) is 17.5 Å². The third kappa shape index (κ3) is 3.16. The zero-order valence-corrected chi connectivity index (χ0v) is 16.5. The molecule has 3 aromatic rings. The van der Waals surface area contributed by atoms with Crippen molar-refractivity contribution in [1.29, 1.82) is 0 Å². The Hall–Kier alpha value is -2.84. The first kappa shape index (κ1) is 20.4. The fraction of sp³-hybridized carbons (Fsp3) is 0.318. The number of hydrogen-bond donors (Lipinski definition) is 1. The van der Waals surface area contributed by atoms with Gasteiger partial charge in [0.25, 0.3) is 0 Å². The summed E-state index contributed by atoms with van der Waals surface area (Å²) in [5, 5.41) is 11.2. The third-order valence-electron chi connectivity index (χ3n) is 5.52. The van der Waals surface area contributed by atoms with E-state index in [1.165, 1.54) is 6.08 Å². The van der Waals surface area contributed by atoms with Crippen LogP contribution in [-0.2, 0) is 10.3 Å². The number of alkyl halides is 3. The van der Waals surface area contributed by atoms with Gasteiger partial charge in [-0.3, -0.25) is 0 Å². The Labute approximate surface area is 171 Å². The molecule has 2 unspecified atom stereocenters. The van der Waals surface area contributed by atoms with Crippen molar-refractivity contribution in [2.45, 2.75) is 37.8 Å². The molecule has 1 aromatic carbocycles. The number of pyridine rings is 1. The van der Waals surface area contributed by atoms with Crippen LogP contribution in [0.5, 0.6) is 5.75 Å². The third-order valence-corrected chi connectivity index (χ3v) is 5.52. The maximum Gasteiger partial charge on any atom is 0.411 e. The fourth-order valence-corrected chi connectivity index (χ4v) is 3.86. The topological polar surface area (TPSA) is 56.0 Å². The first-order valence-corrected chi connectivity index (χ1v) is 9.40. The van der Waals surface area contributed by atoms with Crippen LogP contribution in [0.2, 0.25) is 0 Å². The zero-order valence-electron chi connectivity index (χ0n) is 16.5. The molecule has 3 heterocycles. The molecule has 0 saturated heterocycles. The summed E-state index contributed by atoms with van der Waals surface area (Å²) >= 11 is 0. The Morgan fingerprint density at radius 2 is 1.97 bits per heavy atom. The summed E-state index contributed by atoms with van der Waals surface area (Å²) in [4.78, 5) is 4.53. The average Bonchev–Trinajstić information content (AvgIpc) is 3.01. The molecule has 0 radical (unpaired) electrons. The van der Waals surface area contributed by atoms with Gasteiger partial charge in [0.05, 0.1) is 5.69 Å². The summed E-state index contributed by atoms with van der Waals surface area (Å²) in [6.07, 6.45) is -4.14. The molecule has 4 rings (SSSR count). The lowest BCUT2D eigenvalue weighted by Crippen LogP contribution is -2.50. The predicted octanol–water partition coefficient (Wildman–Crippen LogP) is 4.41. The van der Waals surface area contributed by atoms with Gasteiger partial charge < -0.3 is 19.0 Å². The van der Waals surface area contributed by atoms with Crippen LogP contribution in [0.15, 0.2) is 55.3 Å². The standard InChI is InChI=1S/C22H21F3N2O3/c1-4-21(29-12-22(23,24)25)16-10-11-27-14(3)13(2)26-20(27)18(16)30-17(19(21)28)15-8-6-5-7-9-15/h4-11,17,19,28H,1,12H2,2-3H3/t17-,19?,21?/m1/s1. The average molecular weight is 418 g/mol. The summed E-state index contributed by atoms with van der Waals surface area (Å²) < 4.78 is 52.5. The molecular weight excluding hydrogens is 397 g/mol. The molecule has 0 spiro atoms. The van der Waals surface area contributed by atoms with Gasteiger partial charge in [0.2, 0.25) is 0 Å². The second-order valence-corrected chi connectivity index (χ2v) is 7.33. The van der Waals surface area contributed by atoms with E-state index < -0.39 is 30.6 Å².